The van der Waals surface area contributed by atoms with Crippen LogP contribution in [0.25, 0.3) is 134 Å². The van der Waals surface area contributed by atoms with Crippen molar-refractivity contribution in [3.63, 3.8) is 0 Å². The summed E-state index contributed by atoms with van der Waals surface area (Å²) < 4.78 is 76.8. The van der Waals surface area contributed by atoms with Crippen molar-refractivity contribution in [3.05, 3.63) is 386 Å². The van der Waals surface area contributed by atoms with Crippen molar-refractivity contribution in [2.24, 2.45) is 0 Å². The Kier molecular flexibility index (Phi) is 34.5. The molecule has 8 aromatic carbocycles. The van der Waals surface area contributed by atoms with E-state index in [1.54, 1.807) is 12.4 Å². The first-order valence-corrected chi connectivity index (χ1v) is 40.4. The summed E-state index contributed by atoms with van der Waals surface area (Å²) in [6, 6.07) is 109. The van der Waals surface area contributed by atoms with Gasteiger partial charge in [0.15, 0.2) is 0 Å². The van der Waals surface area contributed by atoms with Gasteiger partial charge in [0, 0.05) is 24.8 Å². The van der Waals surface area contributed by atoms with Crippen LogP contribution in [0.1, 0.15) is 74.9 Å². The third-order valence-corrected chi connectivity index (χ3v) is 18.6. The Labute approximate surface area is 751 Å². The summed E-state index contributed by atoms with van der Waals surface area (Å²) in [5, 5.41) is 4.99. The molecule has 18 rings (SSSR count). The first-order chi connectivity index (χ1) is 57.8. The number of fused-ring (bicyclic) bond motifs is 6. The molecule has 0 saturated carbocycles. The van der Waals surface area contributed by atoms with Gasteiger partial charge < -0.3 is 9.97 Å². The predicted octanol–water partition coefficient (Wildman–Crippen LogP) is 27.0. The Morgan fingerprint density at radius 3 is 0.861 bits per heavy atom. The minimum absolute atomic E-state index is 0. The molecule has 0 N–H and O–H groups in total. The maximum absolute atomic E-state index is 12.8. The molecule has 0 aliphatic carbocycles. The number of hydrogen-bond acceptors (Lipinski definition) is 8. The molecule has 0 spiro atoms. The number of halogens is 8. The van der Waals surface area contributed by atoms with Crippen LogP contribution in [0.2, 0.25) is 0 Å². The molecular weight excluding hydrogens is 1760 g/mol. The van der Waals surface area contributed by atoms with Crippen LogP contribution in [0.3, 0.4) is 0 Å². The quantitative estimate of drug-likeness (QED) is 0.0823. The van der Waals surface area contributed by atoms with Gasteiger partial charge in [-0.3, -0.25) is 39.9 Å². The van der Waals surface area contributed by atoms with Gasteiger partial charge in [-0.2, -0.15) is 26.3 Å². The molecule has 10 nitrogen and oxygen atoms in total. The van der Waals surface area contributed by atoms with E-state index >= 15 is 0 Å². The standard InChI is InChI=1S/2C22H20F3N2.2C16H11N2.2C12H8N.2ClH.4Ni/c2*1-14-5-7-15(8-6-14)19-11-17(21(2,3)4)12-20(27-19)18-10-9-16(13-26-18)22(23,24)25;2*1-2-7-13(8-3-1)14-10-6-11-16(18-14)15-9-4-5-12-17-15;2*1-3-7-11-9(5-1)10-6-2-4-8-12(10)13-11;;;;;;/h2*5-7,9-13H,1-4H3;2*1-7,9-12H;2*1-8H;2*1H;;;;/q6*-1;;;2*+1;2*+2/p-2. The number of hydrogen-bond donors (Lipinski definition) is 0. The Hall–Kier alpha value is -11.3. The van der Waals surface area contributed by atoms with Crippen LogP contribution >= 0.6 is 20.4 Å². The van der Waals surface area contributed by atoms with Crippen molar-refractivity contribution < 1.29 is 88.5 Å². The van der Waals surface area contributed by atoms with Crippen LogP contribution < -0.4 is 9.97 Å². The average molecular weight is 1840 g/mol. The van der Waals surface area contributed by atoms with Gasteiger partial charge in [0.25, 0.3) is 0 Å². The molecule has 22 heteroatoms. The van der Waals surface area contributed by atoms with Crippen molar-refractivity contribution >= 4 is 64.0 Å². The first-order valence-electron chi connectivity index (χ1n) is 37.7. The normalized spacial score (nSPS) is 10.9. The van der Waals surface area contributed by atoms with Crippen molar-refractivity contribution in [2.45, 2.75) is 78.6 Å². The third-order valence-electron chi connectivity index (χ3n) is 18.6. The van der Waals surface area contributed by atoms with Gasteiger partial charge in [-0.05, 0) is 139 Å². The molecule has 626 valence electrons. The van der Waals surface area contributed by atoms with Gasteiger partial charge in [0.2, 0.25) is 0 Å². The predicted molar refractivity (Wildman–Crippen MR) is 465 cm³/mol. The molecule has 0 bridgehead atoms. The van der Waals surface area contributed by atoms with E-state index in [9.17, 15) is 26.3 Å². The fourth-order valence-corrected chi connectivity index (χ4v) is 12.3. The molecule has 18 aromatic rings. The minimum Gasteiger partial charge on any atom is -0.657 e. The molecule has 0 amide bonds. The molecule has 10 heterocycles. The van der Waals surface area contributed by atoms with Crippen molar-refractivity contribution in [1.29, 1.82) is 0 Å². The summed E-state index contributed by atoms with van der Waals surface area (Å²) in [7, 11) is 8.53. The zero-order valence-corrected chi connectivity index (χ0v) is 72.4. The summed E-state index contributed by atoms with van der Waals surface area (Å²) in [5.74, 6) is 0. The van der Waals surface area contributed by atoms with Gasteiger partial charge in [0.05, 0.1) is 56.7 Å². The second kappa shape index (κ2) is 44.5. The summed E-state index contributed by atoms with van der Waals surface area (Å²) in [4.78, 5) is 44.1. The molecule has 0 atom stereocenters. The van der Waals surface area contributed by atoms with Crippen molar-refractivity contribution in [3.8, 4) is 90.6 Å². The summed E-state index contributed by atoms with van der Waals surface area (Å²) in [6.45, 7) is 16.4. The van der Waals surface area contributed by atoms with E-state index in [4.69, 9.17) is 0 Å². The maximum Gasteiger partial charge on any atom is 2.00 e. The average Bonchev–Trinajstić information content (AvgIpc) is 1.70. The van der Waals surface area contributed by atoms with Gasteiger partial charge in [-0.15, -0.1) is 165 Å². The van der Waals surface area contributed by atoms with Gasteiger partial charge in [-0.25, -0.2) is 0 Å². The second-order valence-electron chi connectivity index (χ2n) is 29.3. The van der Waals surface area contributed by atoms with Crippen molar-refractivity contribution in [1.82, 2.24) is 49.8 Å². The monoisotopic (exact) mass is 1830 g/mol. The summed E-state index contributed by atoms with van der Waals surface area (Å²) >= 11 is 6.69. The number of rotatable bonds is 8. The maximum atomic E-state index is 12.8. The largest absolute Gasteiger partial charge is 2.00 e. The third kappa shape index (κ3) is 25.9. The number of pyridine rings is 8. The SMILES string of the molecule is Cc1c[c-]c(-c2cc(C(C)(C)C)cc(-c3ccc(C(F)(F)F)cn3)n2)cc1.Cc1c[c-]c(-c2cc(C(C)(C)C)cc(-c3ccc(C(F)(F)F)cn3)n2)cc1.[Cl][Ni].[Cl][Ni].[Ni+2].[Ni+2].[c-]1ccccc1-c1cccc(-c2ccccn2)n1.[c-]1ccccc1-c1cccc(-c2ccccn2)n1.c1ccc2c(c1)[n-]c1ccccc12.c1ccc2c(c1)[n-]c1ccccc12. The number of alkyl halides is 6. The molecule has 0 unspecified atom stereocenters. The van der Waals surface area contributed by atoms with Gasteiger partial charge in [0.1, 0.15) is 0 Å². The molecule has 0 aliphatic heterocycles. The van der Waals surface area contributed by atoms with Crippen LogP contribution in [0.5, 0.6) is 0 Å². The molecular formula is C100H78Cl2F6N10Ni4-2. The first kappa shape index (κ1) is 94.5. The summed E-state index contributed by atoms with van der Waals surface area (Å²) in [6.07, 6.45) is -3.57. The molecule has 0 saturated heterocycles. The Morgan fingerprint density at radius 1 is 0.279 bits per heavy atom. The van der Waals surface area contributed by atoms with Crippen LogP contribution in [0, 0.1) is 38.1 Å². The molecule has 10 aromatic heterocycles. The number of aryl methyl sites for hydroxylation is 2. The van der Waals surface area contributed by atoms with E-state index in [1.165, 1.54) is 33.7 Å². The van der Waals surface area contributed by atoms with Crippen LogP contribution in [-0.4, -0.2) is 39.9 Å². The van der Waals surface area contributed by atoms with Crippen LogP contribution in [0.15, 0.2) is 328 Å². The van der Waals surface area contributed by atoms with E-state index in [0.717, 1.165) is 137 Å². The van der Waals surface area contributed by atoms with E-state index < -0.39 is 23.5 Å². The van der Waals surface area contributed by atoms with E-state index in [2.05, 4.69) is 238 Å². The van der Waals surface area contributed by atoms with E-state index in [1.807, 2.05) is 220 Å². The molecule has 0 aliphatic rings. The molecule has 122 heavy (non-hydrogen) atoms. The van der Waals surface area contributed by atoms with Gasteiger partial charge >= 0.3 is 94.9 Å². The zero-order valence-electron chi connectivity index (χ0n) is 66.9. The Bertz CT molecular complexity index is 5690. The van der Waals surface area contributed by atoms with Crippen LogP contribution in [-0.2, 0) is 85.3 Å². The summed E-state index contributed by atoms with van der Waals surface area (Å²) in [5.41, 5.74) is 19.1. The van der Waals surface area contributed by atoms with E-state index in [0.29, 0.717) is 22.8 Å². The zero-order chi connectivity index (χ0) is 85.4. The fraction of sp³-hybridized carbons (Fsp3) is 0.120. The topological polar surface area (TPSA) is 131 Å². The van der Waals surface area contributed by atoms with Crippen molar-refractivity contribution in [2.75, 3.05) is 0 Å². The number of para-hydroxylation sites is 4. The number of aromatic nitrogens is 10. The number of nitrogens with zero attached hydrogens (tertiary/aromatic N) is 10. The Morgan fingerprint density at radius 2 is 0.574 bits per heavy atom. The second-order valence-corrected chi connectivity index (χ2v) is 29.3. The fourth-order valence-electron chi connectivity index (χ4n) is 12.3. The minimum atomic E-state index is -4.41. The Balaban J connectivity index is 0.000000167. The smallest absolute Gasteiger partial charge is 0.657 e. The van der Waals surface area contributed by atoms with E-state index in [-0.39, 0.29) is 43.8 Å². The number of benzene rings is 8. The van der Waals surface area contributed by atoms with Crippen LogP contribution in [0.4, 0.5) is 26.3 Å². The molecule has 0 fully saturated rings. The molecule has 0 radical (unpaired) electrons. The van der Waals surface area contributed by atoms with Gasteiger partial charge in [-0.1, -0.05) is 201 Å².